The third-order valence-corrected chi connectivity index (χ3v) is 7.22. The SMILES string of the molecule is CCCCc1cnc(NC2CCCC2)nc1-c1cn(SF)c2c(Cl)c(Br)ccc12. The Kier molecular flexibility index (Phi) is 6.66. The minimum absolute atomic E-state index is 0.143. The molecule has 29 heavy (non-hydrogen) atoms. The van der Waals surface area contributed by atoms with Crippen molar-refractivity contribution < 1.29 is 3.89 Å². The van der Waals surface area contributed by atoms with Crippen LogP contribution in [-0.4, -0.2) is 20.0 Å². The van der Waals surface area contributed by atoms with Gasteiger partial charge in [-0.05, 0) is 53.2 Å². The van der Waals surface area contributed by atoms with E-state index in [0.29, 0.717) is 22.5 Å². The maximum atomic E-state index is 13.7. The summed E-state index contributed by atoms with van der Waals surface area (Å²) in [5.74, 6) is 0.643. The first-order chi connectivity index (χ1) is 14.1. The Balaban J connectivity index is 1.84. The van der Waals surface area contributed by atoms with Gasteiger partial charge in [-0.25, -0.2) is 9.97 Å². The van der Waals surface area contributed by atoms with Crippen LogP contribution in [0.5, 0.6) is 0 Å². The fraction of sp³-hybridized carbons (Fsp3) is 0.429. The van der Waals surface area contributed by atoms with Gasteiger partial charge in [-0.15, -0.1) is 3.89 Å². The highest BCUT2D eigenvalue weighted by atomic mass is 79.9. The van der Waals surface area contributed by atoms with Crippen molar-refractivity contribution in [2.24, 2.45) is 0 Å². The summed E-state index contributed by atoms with van der Waals surface area (Å²) in [6.45, 7) is 2.17. The smallest absolute Gasteiger partial charge is 0.223 e. The van der Waals surface area contributed by atoms with Gasteiger partial charge in [0, 0.05) is 33.9 Å². The maximum Gasteiger partial charge on any atom is 0.223 e. The number of fused-ring (bicyclic) bond motifs is 1. The first kappa shape index (κ1) is 20.9. The number of hydrogen-bond acceptors (Lipinski definition) is 4. The Hall–Kier alpha value is -1.31. The molecule has 1 aliphatic rings. The van der Waals surface area contributed by atoms with E-state index in [9.17, 15) is 3.89 Å². The fourth-order valence-electron chi connectivity index (χ4n) is 3.98. The van der Waals surface area contributed by atoms with Gasteiger partial charge in [-0.1, -0.05) is 43.9 Å². The van der Waals surface area contributed by atoms with Crippen molar-refractivity contribution in [3.05, 3.63) is 39.6 Å². The number of aryl methyl sites for hydroxylation is 1. The van der Waals surface area contributed by atoms with Gasteiger partial charge in [0.25, 0.3) is 0 Å². The zero-order chi connectivity index (χ0) is 20.4. The van der Waals surface area contributed by atoms with Gasteiger partial charge in [0.1, 0.15) is 0 Å². The molecule has 1 fully saturated rings. The van der Waals surface area contributed by atoms with E-state index in [4.69, 9.17) is 16.6 Å². The first-order valence-corrected chi connectivity index (χ1v) is 11.9. The fourth-order valence-corrected chi connectivity index (χ4v) is 5.01. The molecule has 154 valence electrons. The standard InChI is InChI=1S/C21H23BrClFN4S/c1-2-3-6-13-11-25-21(26-14-7-4-5-8-14)27-19(13)16-12-28(29-24)20-15(16)9-10-17(22)18(20)23/h9-12,14H,2-8H2,1H3,(H,25,26,27). The summed E-state index contributed by atoms with van der Waals surface area (Å²) in [5.41, 5.74) is 3.45. The minimum Gasteiger partial charge on any atom is -0.351 e. The highest BCUT2D eigenvalue weighted by Gasteiger charge is 2.21. The molecular weight excluding hydrogens is 475 g/mol. The molecule has 3 aromatic rings. The largest absolute Gasteiger partial charge is 0.351 e. The van der Waals surface area contributed by atoms with Crippen molar-refractivity contribution in [1.82, 2.24) is 13.9 Å². The van der Waals surface area contributed by atoms with Crippen LogP contribution in [0.25, 0.3) is 22.2 Å². The Morgan fingerprint density at radius 3 is 2.86 bits per heavy atom. The molecule has 1 aromatic carbocycles. The van der Waals surface area contributed by atoms with E-state index in [1.165, 1.54) is 16.8 Å². The lowest BCUT2D eigenvalue weighted by atomic mass is 10.0. The molecule has 0 unspecified atom stereocenters. The third kappa shape index (κ3) is 4.28. The molecule has 4 rings (SSSR count). The monoisotopic (exact) mass is 496 g/mol. The number of unbranched alkanes of at least 4 members (excludes halogenated alkanes) is 1. The Morgan fingerprint density at radius 2 is 2.14 bits per heavy atom. The molecule has 0 amide bonds. The van der Waals surface area contributed by atoms with Crippen LogP contribution in [0.4, 0.5) is 9.83 Å². The van der Waals surface area contributed by atoms with Crippen molar-refractivity contribution in [3.8, 4) is 11.3 Å². The number of aromatic nitrogens is 3. The number of nitrogens with one attached hydrogen (secondary N) is 1. The van der Waals surface area contributed by atoms with E-state index in [0.717, 1.165) is 58.8 Å². The lowest BCUT2D eigenvalue weighted by Crippen LogP contribution is -2.17. The summed E-state index contributed by atoms with van der Waals surface area (Å²) in [4.78, 5) is 9.47. The van der Waals surface area contributed by atoms with E-state index in [1.54, 1.807) is 6.20 Å². The van der Waals surface area contributed by atoms with Crippen LogP contribution in [0.3, 0.4) is 0 Å². The summed E-state index contributed by atoms with van der Waals surface area (Å²) in [6, 6.07) is 4.28. The average molecular weight is 498 g/mol. The molecule has 4 nitrogen and oxygen atoms in total. The number of hydrogen-bond donors (Lipinski definition) is 1. The van der Waals surface area contributed by atoms with Crippen molar-refractivity contribution in [2.75, 3.05) is 5.32 Å². The predicted octanol–water partition coefficient (Wildman–Crippen LogP) is 7.59. The van der Waals surface area contributed by atoms with Gasteiger partial charge in [0.15, 0.2) is 12.3 Å². The minimum atomic E-state index is 0.143. The number of rotatable bonds is 7. The van der Waals surface area contributed by atoms with E-state index >= 15 is 0 Å². The number of halogens is 3. The van der Waals surface area contributed by atoms with Crippen molar-refractivity contribution in [2.45, 2.75) is 57.9 Å². The van der Waals surface area contributed by atoms with Gasteiger partial charge in [0.2, 0.25) is 5.95 Å². The Morgan fingerprint density at radius 1 is 1.34 bits per heavy atom. The lowest BCUT2D eigenvalue weighted by molar-refractivity contribution is 0.741. The summed E-state index contributed by atoms with van der Waals surface area (Å²) >= 11 is 10.1. The number of nitrogens with zero attached hydrogens (tertiary/aromatic N) is 3. The summed E-state index contributed by atoms with van der Waals surface area (Å²) < 4.78 is 15.9. The second kappa shape index (κ2) is 9.23. The summed E-state index contributed by atoms with van der Waals surface area (Å²) in [7, 11) is 0. The molecule has 8 heteroatoms. The van der Waals surface area contributed by atoms with Crippen LogP contribution in [0, 0.1) is 0 Å². The van der Waals surface area contributed by atoms with Gasteiger partial charge in [-0.3, -0.25) is 3.97 Å². The van der Waals surface area contributed by atoms with Crippen molar-refractivity contribution in [3.63, 3.8) is 0 Å². The van der Waals surface area contributed by atoms with Crippen LogP contribution in [-0.2, 0) is 6.42 Å². The molecule has 2 heterocycles. The molecule has 0 atom stereocenters. The predicted molar refractivity (Wildman–Crippen MR) is 124 cm³/mol. The van der Waals surface area contributed by atoms with Gasteiger partial charge in [-0.2, -0.15) is 0 Å². The molecule has 1 saturated carbocycles. The molecule has 0 saturated heterocycles. The van der Waals surface area contributed by atoms with E-state index in [2.05, 4.69) is 33.2 Å². The highest BCUT2D eigenvalue weighted by Crippen LogP contribution is 2.40. The second-order valence-electron chi connectivity index (χ2n) is 7.49. The second-order valence-corrected chi connectivity index (χ2v) is 9.26. The van der Waals surface area contributed by atoms with Crippen LogP contribution < -0.4 is 5.32 Å². The quantitative estimate of drug-likeness (QED) is 0.365. The van der Waals surface area contributed by atoms with Crippen molar-refractivity contribution >= 4 is 56.7 Å². The van der Waals surface area contributed by atoms with Crippen LogP contribution in [0.2, 0.25) is 5.02 Å². The molecule has 0 radical (unpaired) electrons. The molecule has 0 aliphatic heterocycles. The van der Waals surface area contributed by atoms with E-state index in [-0.39, 0.29) is 12.3 Å². The topological polar surface area (TPSA) is 42.7 Å². The van der Waals surface area contributed by atoms with Gasteiger partial charge >= 0.3 is 0 Å². The van der Waals surface area contributed by atoms with Crippen LogP contribution >= 0.6 is 39.9 Å². The average Bonchev–Trinajstić information content (AvgIpc) is 3.37. The van der Waals surface area contributed by atoms with Gasteiger partial charge in [0.05, 0.1) is 16.2 Å². The van der Waals surface area contributed by atoms with Crippen LogP contribution in [0.15, 0.2) is 29.0 Å². The molecule has 2 aromatic heterocycles. The number of anilines is 1. The zero-order valence-corrected chi connectivity index (χ0v) is 19.4. The molecule has 0 spiro atoms. The Bertz CT molecular complexity index is 1020. The number of benzene rings is 1. The third-order valence-electron chi connectivity index (χ3n) is 5.51. The van der Waals surface area contributed by atoms with Crippen molar-refractivity contribution in [1.29, 1.82) is 0 Å². The molecular formula is C21H23BrClFN4S. The summed E-state index contributed by atoms with van der Waals surface area (Å²) in [6.07, 6.45) is 11.5. The van der Waals surface area contributed by atoms with Gasteiger partial charge < -0.3 is 5.32 Å². The first-order valence-electron chi connectivity index (χ1n) is 10.0. The Labute approximate surface area is 188 Å². The highest BCUT2D eigenvalue weighted by molar-refractivity contribution is 9.10. The lowest BCUT2D eigenvalue weighted by Gasteiger charge is -2.14. The summed E-state index contributed by atoms with van der Waals surface area (Å²) in [5, 5.41) is 4.86. The van der Waals surface area contributed by atoms with Crippen LogP contribution in [0.1, 0.15) is 51.0 Å². The van der Waals surface area contributed by atoms with E-state index in [1.807, 2.05) is 18.3 Å². The molecule has 0 bridgehead atoms. The molecule has 1 aliphatic carbocycles. The van der Waals surface area contributed by atoms with E-state index < -0.39 is 0 Å². The maximum absolute atomic E-state index is 13.7. The zero-order valence-electron chi connectivity index (χ0n) is 16.2. The normalized spacial score (nSPS) is 14.8. The molecule has 1 N–H and O–H groups in total.